The molecule has 4 rings (SSSR count). The van der Waals surface area contributed by atoms with Gasteiger partial charge in [0.25, 0.3) is 0 Å². The number of aryl methyl sites for hydroxylation is 1. The summed E-state index contributed by atoms with van der Waals surface area (Å²) >= 11 is 0. The van der Waals surface area contributed by atoms with Crippen LogP contribution in [-0.4, -0.2) is 28.8 Å². The van der Waals surface area contributed by atoms with Gasteiger partial charge in [-0.25, -0.2) is 8.78 Å². The maximum Gasteiger partial charge on any atom is 0.126 e. The quantitative estimate of drug-likeness (QED) is 0.310. The first-order valence-corrected chi connectivity index (χ1v) is 13.3. The van der Waals surface area contributed by atoms with Gasteiger partial charge in [-0.2, -0.15) is 0 Å². The lowest BCUT2D eigenvalue weighted by molar-refractivity contribution is 0.130. The maximum atomic E-state index is 13.5. The Kier molecular flexibility index (Phi) is 8.60. The van der Waals surface area contributed by atoms with Crippen LogP contribution in [0, 0.1) is 11.6 Å². The molecule has 1 aromatic heterocycles. The monoisotopic (exact) mass is 507 g/mol. The van der Waals surface area contributed by atoms with Crippen LogP contribution in [0.5, 0.6) is 0 Å². The predicted molar refractivity (Wildman–Crippen MR) is 146 cm³/mol. The molecule has 1 saturated carbocycles. The average Bonchev–Trinajstić information content (AvgIpc) is 2.87. The summed E-state index contributed by atoms with van der Waals surface area (Å²) in [4.78, 5) is 4.21. The van der Waals surface area contributed by atoms with Crippen LogP contribution in [0.25, 0.3) is 0 Å². The molecule has 3 aromatic rings. The van der Waals surface area contributed by atoms with Crippen molar-refractivity contribution in [1.82, 2.24) is 10.3 Å². The van der Waals surface area contributed by atoms with E-state index >= 15 is 0 Å². The van der Waals surface area contributed by atoms with Crippen LogP contribution in [-0.2, 0) is 17.4 Å². The highest BCUT2D eigenvalue weighted by molar-refractivity contribution is 5.41. The number of aliphatic hydroxyl groups is 1. The predicted octanol–water partition coefficient (Wildman–Crippen LogP) is 6.49. The SMILES string of the molecule is CC(C)(C)c1cccc(C2(NCC(O)CCc3cc(F)cc(F)c3)CCC(Nc3cccnc3)CC2)c1. The number of rotatable bonds is 9. The number of pyridine rings is 1. The standard InChI is InChI=1S/C31H39F2N3O/c1-30(2,3)23-6-4-7-24(18-23)31(13-11-27(12-14-31)36-28-8-5-15-34-20-28)35-21-29(37)10-9-22-16-25(32)19-26(33)17-22/h4-8,15-20,27,29,35-37H,9-14,21H2,1-3H3. The molecule has 2 aromatic carbocycles. The molecule has 0 bridgehead atoms. The van der Waals surface area contributed by atoms with Crippen LogP contribution in [0.1, 0.15) is 69.6 Å². The molecule has 1 heterocycles. The summed E-state index contributed by atoms with van der Waals surface area (Å²) in [6.45, 7) is 7.08. The molecule has 1 unspecified atom stereocenters. The van der Waals surface area contributed by atoms with E-state index in [1.807, 2.05) is 18.3 Å². The summed E-state index contributed by atoms with van der Waals surface area (Å²) in [6, 6.07) is 16.7. The van der Waals surface area contributed by atoms with Gasteiger partial charge >= 0.3 is 0 Å². The third-order valence-electron chi connectivity index (χ3n) is 7.52. The van der Waals surface area contributed by atoms with Crippen molar-refractivity contribution < 1.29 is 13.9 Å². The van der Waals surface area contributed by atoms with Crippen molar-refractivity contribution in [2.24, 2.45) is 0 Å². The Bertz CT molecular complexity index is 1130. The second-order valence-electron chi connectivity index (χ2n) is 11.4. The first-order chi connectivity index (χ1) is 17.6. The summed E-state index contributed by atoms with van der Waals surface area (Å²) in [7, 11) is 0. The van der Waals surface area contributed by atoms with Gasteiger partial charge in [-0.3, -0.25) is 4.98 Å². The van der Waals surface area contributed by atoms with Crippen LogP contribution in [0.2, 0.25) is 0 Å². The Hall–Kier alpha value is -2.83. The van der Waals surface area contributed by atoms with Gasteiger partial charge in [0.05, 0.1) is 11.8 Å². The largest absolute Gasteiger partial charge is 0.392 e. The Morgan fingerprint density at radius 2 is 1.76 bits per heavy atom. The van der Waals surface area contributed by atoms with E-state index in [1.54, 1.807) is 6.20 Å². The smallest absolute Gasteiger partial charge is 0.126 e. The number of hydrogen-bond donors (Lipinski definition) is 3. The number of benzene rings is 2. The molecule has 0 aliphatic heterocycles. The Morgan fingerprint density at radius 3 is 2.41 bits per heavy atom. The summed E-state index contributed by atoms with van der Waals surface area (Å²) < 4.78 is 27.1. The fourth-order valence-electron chi connectivity index (χ4n) is 5.29. The number of nitrogens with zero attached hydrogens (tertiary/aromatic N) is 1. The van der Waals surface area contributed by atoms with E-state index < -0.39 is 17.7 Å². The number of anilines is 1. The highest BCUT2D eigenvalue weighted by Gasteiger charge is 2.37. The van der Waals surface area contributed by atoms with Gasteiger partial charge in [0.15, 0.2) is 0 Å². The van der Waals surface area contributed by atoms with Gasteiger partial charge in [0.2, 0.25) is 0 Å². The maximum absolute atomic E-state index is 13.5. The second kappa shape index (κ2) is 11.7. The minimum Gasteiger partial charge on any atom is -0.392 e. The molecule has 6 heteroatoms. The Labute approximate surface area is 219 Å². The second-order valence-corrected chi connectivity index (χ2v) is 11.4. The van der Waals surface area contributed by atoms with Crippen LogP contribution in [0.4, 0.5) is 14.5 Å². The van der Waals surface area contributed by atoms with E-state index in [4.69, 9.17) is 0 Å². The molecule has 1 aliphatic rings. The Balaban J connectivity index is 1.46. The molecule has 1 fully saturated rings. The molecular formula is C31H39F2N3O. The van der Waals surface area contributed by atoms with Crippen molar-refractivity contribution in [1.29, 1.82) is 0 Å². The fourth-order valence-corrected chi connectivity index (χ4v) is 5.29. The Morgan fingerprint density at radius 1 is 1.03 bits per heavy atom. The zero-order valence-corrected chi connectivity index (χ0v) is 22.1. The summed E-state index contributed by atoms with van der Waals surface area (Å²) in [5.41, 5.74) is 3.92. The van der Waals surface area contributed by atoms with E-state index in [0.717, 1.165) is 37.4 Å². The van der Waals surface area contributed by atoms with Gasteiger partial charge in [-0.05, 0) is 84.9 Å². The van der Waals surface area contributed by atoms with Crippen LogP contribution < -0.4 is 10.6 Å². The molecular weight excluding hydrogens is 468 g/mol. The third kappa shape index (κ3) is 7.36. The molecule has 198 valence electrons. The zero-order valence-electron chi connectivity index (χ0n) is 22.1. The lowest BCUT2D eigenvalue weighted by atomic mass is 9.73. The molecule has 0 amide bonds. The van der Waals surface area contributed by atoms with Gasteiger partial charge < -0.3 is 15.7 Å². The van der Waals surface area contributed by atoms with Gasteiger partial charge in [-0.15, -0.1) is 0 Å². The highest BCUT2D eigenvalue weighted by atomic mass is 19.1. The molecule has 1 atom stereocenters. The minimum atomic E-state index is -0.625. The van der Waals surface area contributed by atoms with Crippen LogP contribution in [0.3, 0.4) is 0 Å². The molecule has 0 saturated heterocycles. The minimum absolute atomic E-state index is 0.0377. The van der Waals surface area contributed by atoms with Crippen molar-refractivity contribution in [2.45, 2.75) is 82.4 Å². The van der Waals surface area contributed by atoms with E-state index in [9.17, 15) is 13.9 Å². The average molecular weight is 508 g/mol. The molecule has 0 spiro atoms. The number of aliphatic hydroxyl groups excluding tert-OH is 1. The lowest BCUT2D eigenvalue weighted by Crippen LogP contribution is -2.49. The van der Waals surface area contributed by atoms with Crippen molar-refractivity contribution in [2.75, 3.05) is 11.9 Å². The third-order valence-corrected chi connectivity index (χ3v) is 7.52. The van der Waals surface area contributed by atoms with Crippen molar-refractivity contribution >= 4 is 5.69 Å². The van der Waals surface area contributed by atoms with Gasteiger partial charge in [0, 0.05) is 36.6 Å². The summed E-state index contributed by atoms with van der Waals surface area (Å²) in [5.74, 6) is -1.17. The summed E-state index contributed by atoms with van der Waals surface area (Å²) in [6.07, 6.45) is 7.69. The molecule has 4 nitrogen and oxygen atoms in total. The summed E-state index contributed by atoms with van der Waals surface area (Å²) in [5, 5.41) is 18.2. The van der Waals surface area contributed by atoms with E-state index in [-0.39, 0.29) is 11.0 Å². The van der Waals surface area contributed by atoms with Crippen LogP contribution >= 0.6 is 0 Å². The molecule has 37 heavy (non-hydrogen) atoms. The number of hydrogen-bond acceptors (Lipinski definition) is 4. The van der Waals surface area contributed by atoms with Crippen LogP contribution in [0.15, 0.2) is 67.0 Å². The lowest BCUT2D eigenvalue weighted by Gasteiger charge is -2.43. The zero-order chi connectivity index (χ0) is 26.5. The van der Waals surface area contributed by atoms with E-state index in [1.165, 1.54) is 23.3 Å². The van der Waals surface area contributed by atoms with E-state index in [2.05, 4.69) is 60.7 Å². The van der Waals surface area contributed by atoms with Gasteiger partial charge in [0.1, 0.15) is 11.6 Å². The van der Waals surface area contributed by atoms with Crippen molar-refractivity contribution in [3.8, 4) is 0 Å². The molecule has 0 radical (unpaired) electrons. The fraction of sp³-hybridized carbons (Fsp3) is 0.452. The number of aromatic nitrogens is 1. The molecule has 1 aliphatic carbocycles. The first-order valence-electron chi connectivity index (χ1n) is 13.3. The highest BCUT2D eigenvalue weighted by Crippen LogP contribution is 2.39. The number of nitrogens with one attached hydrogen (secondary N) is 2. The normalized spacial score (nSPS) is 21.0. The molecule has 3 N–H and O–H groups in total. The van der Waals surface area contributed by atoms with E-state index in [0.29, 0.717) is 31.0 Å². The first kappa shape index (κ1) is 27.2. The van der Waals surface area contributed by atoms with Crippen molar-refractivity contribution in [3.63, 3.8) is 0 Å². The number of halogens is 2. The topological polar surface area (TPSA) is 57.2 Å². The van der Waals surface area contributed by atoms with Gasteiger partial charge in [-0.1, -0.05) is 45.0 Å². The van der Waals surface area contributed by atoms with Crippen molar-refractivity contribution in [3.05, 3.63) is 95.3 Å².